The number of hydrogen-bond donors (Lipinski definition) is 3. The summed E-state index contributed by atoms with van der Waals surface area (Å²) in [6, 6.07) is 13.1. The number of imidazole rings is 1. The van der Waals surface area contributed by atoms with Gasteiger partial charge in [-0.1, -0.05) is 30.3 Å². The van der Waals surface area contributed by atoms with Crippen LogP contribution in [0.25, 0.3) is 27.8 Å². The summed E-state index contributed by atoms with van der Waals surface area (Å²) in [7, 11) is 0. The van der Waals surface area contributed by atoms with E-state index in [9.17, 15) is 4.79 Å². The lowest BCUT2D eigenvalue weighted by Gasteiger charge is -2.21. The standard InChI is InChI=1S/C23H22N8O/c1-12-7-4-5-10-16(12)31-21(28-15-9-6-8-13(2)17(15)22(31)32)14(3)27-20-18-19(26-11-25-18)29-23(24)30-20/h4-11,14H,1-3H3,(H4,24,25,26,27,29,30)/t14-/m1/s1. The molecule has 9 nitrogen and oxygen atoms in total. The third-order valence-corrected chi connectivity index (χ3v) is 5.53. The van der Waals surface area contributed by atoms with Crippen LogP contribution in [-0.2, 0) is 0 Å². The number of aryl methyl sites for hydroxylation is 2. The van der Waals surface area contributed by atoms with Crippen LogP contribution in [0.2, 0.25) is 0 Å². The van der Waals surface area contributed by atoms with Gasteiger partial charge in [-0.05, 0) is 44.0 Å². The number of fused-ring (bicyclic) bond motifs is 2. The van der Waals surface area contributed by atoms with Crippen molar-refractivity contribution in [2.45, 2.75) is 26.8 Å². The molecule has 3 aromatic heterocycles. The Morgan fingerprint density at radius 1 is 1.03 bits per heavy atom. The van der Waals surface area contributed by atoms with Crippen LogP contribution in [0.4, 0.5) is 11.8 Å². The first-order valence-electron chi connectivity index (χ1n) is 10.3. The number of nitrogens with two attached hydrogens (primary N) is 1. The van der Waals surface area contributed by atoms with Gasteiger partial charge in [0, 0.05) is 0 Å². The van der Waals surface area contributed by atoms with Crippen molar-refractivity contribution >= 4 is 33.8 Å². The Morgan fingerprint density at radius 2 is 1.81 bits per heavy atom. The van der Waals surface area contributed by atoms with E-state index in [0.717, 1.165) is 16.8 Å². The smallest absolute Gasteiger partial charge is 0.266 e. The van der Waals surface area contributed by atoms with Crippen molar-refractivity contribution in [3.63, 3.8) is 0 Å². The fourth-order valence-corrected chi connectivity index (χ4v) is 3.97. The van der Waals surface area contributed by atoms with Gasteiger partial charge in [-0.25, -0.2) is 9.97 Å². The first-order valence-corrected chi connectivity index (χ1v) is 10.3. The summed E-state index contributed by atoms with van der Waals surface area (Å²) >= 11 is 0. The third-order valence-electron chi connectivity index (χ3n) is 5.53. The van der Waals surface area contributed by atoms with E-state index in [1.807, 2.05) is 63.2 Å². The van der Waals surface area contributed by atoms with Crippen LogP contribution >= 0.6 is 0 Å². The van der Waals surface area contributed by atoms with Crippen LogP contribution < -0.4 is 16.6 Å². The average molecular weight is 426 g/mol. The summed E-state index contributed by atoms with van der Waals surface area (Å²) in [4.78, 5) is 34.3. The maximum Gasteiger partial charge on any atom is 0.266 e. The minimum absolute atomic E-state index is 0.109. The Kier molecular flexibility index (Phi) is 4.58. The summed E-state index contributed by atoms with van der Waals surface area (Å²) in [5.41, 5.74) is 10.1. The van der Waals surface area contributed by atoms with E-state index in [1.54, 1.807) is 4.57 Å². The molecular formula is C23H22N8O. The highest BCUT2D eigenvalue weighted by Gasteiger charge is 2.21. The molecule has 3 heterocycles. The SMILES string of the molecule is Cc1ccccc1-n1c([C@@H](C)Nc2nc(N)nc3nc[nH]c23)nc2cccc(C)c2c1=O. The second-order valence-electron chi connectivity index (χ2n) is 7.76. The molecule has 0 aliphatic heterocycles. The molecule has 4 N–H and O–H groups in total. The summed E-state index contributed by atoms with van der Waals surface area (Å²) in [6.45, 7) is 5.83. The summed E-state index contributed by atoms with van der Waals surface area (Å²) in [6.07, 6.45) is 1.54. The Labute approximate surface area is 183 Å². The minimum Gasteiger partial charge on any atom is -0.368 e. The van der Waals surface area contributed by atoms with Gasteiger partial charge >= 0.3 is 0 Å². The summed E-state index contributed by atoms with van der Waals surface area (Å²) < 4.78 is 1.68. The van der Waals surface area contributed by atoms with Gasteiger partial charge in [0.25, 0.3) is 5.56 Å². The normalized spacial score (nSPS) is 12.3. The van der Waals surface area contributed by atoms with Crippen molar-refractivity contribution in [2.24, 2.45) is 0 Å². The van der Waals surface area contributed by atoms with Gasteiger partial charge in [0.15, 0.2) is 11.5 Å². The molecular weight excluding hydrogens is 404 g/mol. The van der Waals surface area contributed by atoms with Crippen LogP contribution in [0.3, 0.4) is 0 Å². The Hall–Kier alpha value is -4.27. The lowest BCUT2D eigenvalue weighted by molar-refractivity contribution is 0.730. The number of aromatic nitrogens is 6. The minimum atomic E-state index is -0.381. The molecule has 0 saturated heterocycles. The lowest BCUT2D eigenvalue weighted by atomic mass is 10.1. The molecule has 5 aromatic rings. The first kappa shape index (κ1) is 19.7. The van der Waals surface area contributed by atoms with Crippen molar-refractivity contribution < 1.29 is 0 Å². The molecule has 0 aliphatic carbocycles. The van der Waals surface area contributed by atoms with E-state index >= 15 is 0 Å². The zero-order valence-electron chi connectivity index (χ0n) is 17.9. The van der Waals surface area contributed by atoms with Crippen molar-refractivity contribution in [2.75, 3.05) is 11.1 Å². The van der Waals surface area contributed by atoms with Crippen LogP contribution in [-0.4, -0.2) is 29.5 Å². The average Bonchev–Trinajstić information content (AvgIpc) is 3.23. The van der Waals surface area contributed by atoms with Gasteiger partial charge in [0.05, 0.1) is 29.0 Å². The van der Waals surface area contributed by atoms with Crippen LogP contribution in [0, 0.1) is 13.8 Å². The molecule has 0 bridgehead atoms. The maximum absolute atomic E-state index is 13.7. The van der Waals surface area contributed by atoms with Gasteiger partial charge in [-0.15, -0.1) is 0 Å². The highest BCUT2D eigenvalue weighted by molar-refractivity contribution is 5.84. The van der Waals surface area contributed by atoms with Gasteiger partial charge in [-0.3, -0.25) is 9.36 Å². The van der Waals surface area contributed by atoms with E-state index in [0.29, 0.717) is 33.7 Å². The fraction of sp³-hybridized carbons (Fsp3) is 0.174. The van der Waals surface area contributed by atoms with Crippen molar-refractivity contribution in [1.29, 1.82) is 0 Å². The van der Waals surface area contributed by atoms with E-state index < -0.39 is 0 Å². The molecule has 32 heavy (non-hydrogen) atoms. The summed E-state index contributed by atoms with van der Waals surface area (Å²) in [5.74, 6) is 1.16. The number of nitrogen functional groups attached to an aromatic ring is 1. The second kappa shape index (κ2) is 7.45. The zero-order chi connectivity index (χ0) is 22.4. The van der Waals surface area contributed by atoms with E-state index in [-0.39, 0.29) is 17.5 Å². The highest BCUT2D eigenvalue weighted by atomic mass is 16.1. The van der Waals surface area contributed by atoms with Crippen LogP contribution in [0.15, 0.2) is 53.6 Å². The number of hydrogen-bond acceptors (Lipinski definition) is 7. The highest BCUT2D eigenvalue weighted by Crippen LogP contribution is 2.26. The molecule has 0 fully saturated rings. The Morgan fingerprint density at radius 3 is 2.62 bits per heavy atom. The predicted molar refractivity (Wildman–Crippen MR) is 125 cm³/mol. The van der Waals surface area contributed by atoms with E-state index in [2.05, 4.69) is 25.3 Å². The zero-order valence-corrected chi connectivity index (χ0v) is 17.9. The predicted octanol–water partition coefficient (Wildman–Crippen LogP) is 3.42. The quantitative estimate of drug-likeness (QED) is 0.402. The number of rotatable bonds is 4. The molecule has 0 radical (unpaired) electrons. The molecule has 0 spiro atoms. The molecule has 0 aliphatic rings. The van der Waals surface area contributed by atoms with Crippen molar-refractivity contribution in [1.82, 2.24) is 29.5 Å². The van der Waals surface area contributed by atoms with Gasteiger partial charge in [0.1, 0.15) is 11.3 Å². The molecule has 5 rings (SSSR count). The molecule has 0 saturated carbocycles. The molecule has 9 heteroatoms. The van der Waals surface area contributed by atoms with Crippen LogP contribution in [0.1, 0.15) is 29.9 Å². The van der Waals surface area contributed by atoms with E-state index in [4.69, 9.17) is 10.7 Å². The number of nitrogens with one attached hydrogen (secondary N) is 2. The molecule has 0 amide bonds. The number of para-hydroxylation sites is 1. The number of nitrogens with zero attached hydrogens (tertiary/aromatic N) is 5. The largest absolute Gasteiger partial charge is 0.368 e. The Balaban J connectivity index is 1.74. The van der Waals surface area contributed by atoms with Gasteiger partial charge in [0.2, 0.25) is 5.95 Å². The number of anilines is 2. The number of benzene rings is 2. The monoisotopic (exact) mass is 426 g/mol. The first-order chi connectivity index (χ1) is 15.4. The van der Waals surface area contributed by atoms with Crippen molar-refractivity contribution in [3.05, 3.63) is 76.1 Å². The maximum atomic E-state index is 13.7. The third kappa shape index (κ3) is 3.15. The lowest BCUT2D eigenvalue weighted by Crippen LogP contribution is -2.28. The molecule has 2 aromatic carbocycles. The second-order valence-corrected chi connectivity index (χ2v) is 7.76. The molecule has 160 valence electrons. The Bertz CT molecular complexity index is 1530. The number of aromatic amines is 1. The topological polar surface area (TPSA) is 127 Å². The summed E-state index contributed by atoms with van der Waals surface area (Å²) in [5, 5.41) is 3.95. The van der Waals surface area contributed by atoms with Crippen molar-refractivity contribution in [3.8, 4) is 5.69 Å². The molecule has 0 unspecified atom stereocenters. The number of H-pyrrole nitrogens is 1. The van der Waals surface area contributed by atoms with Gasteiger partial charge in [-0.2, -0.15) is 9.97 Å². The molecule has 1 atom stereocenters. The van der Waals surface area contributed by atoms with Crippen LogP contribution in [0.5, 0.6) is 0 Å². The van der Waals surface area contributed by atoms with E-state index in [1.165, 1.54) is 6.33 Å². The van der Waals surface area contributed by atoms with Gasteiger partial charge < -0.3 is 16.0 Å². The fourth-order valence-electron chi connectivity index (χ4n) is 3.97.